The lowest BCUT2D eigenvalue weighted by molar-refractivity contribution is -0.129. The van der Waals surface area contributed by atoms with Crippen LogP contribution < -0.4 is 9.47 Å². The number of rotatable bonds is 7. The Labute approximate surface area is 158 Å². The zero-order valence-electron chi connectivity index (χ0n) is 14.8. The molecule has 0 N–H and O–H groups in total. The number of nitrogens with zero attached hydrogens (tertiary/aromatic N) is 1. The fourth-order valence-corrected chi connectivity index (χ4v) is 3.52. The second-order valence-electron chi connectivity index (χ2n) is 5.60. The highest BCUT2D eigenvalue weighted by Gasteiger charge is 2.19. The molecule has 25 heavy (non-hydrogen) atoms. The minimum atomic E-state index is -0.189. The van der Waals surface area contributed by atoms with Crippen molar-refractivity contribution in [2.24, 2.45) is 0 Å². The van der Waals surface area contributed by atoms with Crippen molar-refractivity contribution >= 4 is 29.3 Å². The van der Waals surface area contributed by atoms with E-state index in [1.165, 1.54) is 11.8 Å². The van der Waals surface area contributed by atoms with Gasteiger partial charge >= 0.3 is 0 Å². The lowest BCUT2D eigenvalue weighted by Gasteiger charge is -2.22. The summed E-state index contributed by atoms with van der Waals surface area (Å²) in [5, 5.41) is 0.500. The maximum Gasteiger partial charge on any atom is 0.235 e. The third kappa shape index (κ3) is 5.31. The van der Waals surface area contributed by atoms with Gasteiger partial charge in [-0.2, -0.15) is 0 Å². The van der Waals surface area contributed by atoms with E-state index in [4.69, 9.17) is 21.1 Å². The molecule has 0 aromatic heterocycles. The standard InChI is InChI=1S/C19H22ClNO3S/c1-13(25-16-8-6-15(20)7-9-16)19(22)21(2)12-14-5-10-17(23-3)18(11-14)24-4/h5-11,13H,12H2,1-4H3. The molecule has 2 rings (SSSR count). The van der Waals surface area contributed by atoms with Crippen LogP contribution in [0.25, 0.3) is 0 Å². The van der Waals surface area contributed by atoms with Crippen LogP contribution in [0, 0.1) is 0 Å². The Morgan fingerprint density at radius 1 is 1.12 bits per heavy atom. The van der Waals surface area contributed by atoms with Crippen molar-refractivity contribution in [2.75, 3.05) is 21.3 Å². The van der Waals surface area contributed by atoms with Gasteiger partial charge in [-0.3, -0.25) is 4.79 Å². The lowest BCUT2D eigenvalue weighted by Crippen LogP contribution is -2.32. The number of carbonyl (C=O) groups excluding carboxylic acids is 1. The van der Waals surface area contributed by atoms with E-state index in [-0.39, 0.29) is 11.2 Å². The van der Waals surface area contributed by atoms with E-state index in [2.05, 4.69) is 0 Å². The van der Waals surface area contributed by atoms with Gasteiger partial charge in [-0.15, -0.1) is 11.8 Å². The van der Waals surface area contributed by atoms with Gasteiger partial charge in [0.15, 0.2) is 11.5 Å². The molecule has 0 saturated heterocycles. The summed E-state index contributed by atoms with van der Waals surface area (Å²) in [6.45, 7) is 2.41. The molecule has 1 atom stereocenters. The quantitative estimate of drug-likeness (QED) is 0.664. The summed E-state index contributed by atoms with van der Waals surface area (Å²) in [5.41, 5.74) is 0.984. The predicted octanol–water partition coefficient (Wildman–Crippen LogP) is 4.50. The summed E-state index contributed by atoms with van der Waals surface area (Å²) < 4.78 is 10.6. The first-order valence-corrected chi connectivity index (χ1v) is 9.08. The van der Waals surface area contributed by atoms with Crippen LogP contribution >= 0.6 is 23.4 Å². The number of carbonyl (C=O) groups is 1. The number of thioether (sulfide) groups is 1. The third-order valence-electron chi connectivity index (χ3n) is 3.72. The minimum absolute atomic E-state index is 0.0646. The Kier molecular flexibility index (Phi) is 7.02. The molecule has 0 aliphatic carbocycles. The second-order valence-corrected chi connectivity index (χ2v) is 7.45. The van der Waals surface area contributed by atoms with Gasteiger partial charge in [0.1, 0.15) is 0 Å². The van der Waals surface area contributed by atoms with Gasteiger partial charge in [0.2, 0.25) is 5.91 Å². The molecule has 0 heterocycles. The van der Waals surface area contributed by atoms with E-state index in [1.54, 1.807) is 26.2 Å². The van der Waals surface area contributed by atoms with Gasteiger partial charge in [0, 0.05) is 23.5 Å². The van der Waals surface area contributed by atoms with Crippen LogP contribution in [0.5, 0.6) is 11.5 Å². The molecule has 0 spiro atoms. The molecule has 0 fully saturated rings. The molecular weight excluding hydrogens is 358 g/mol. The Bertz CT molecular complexity index is 721. The molecule has 134 valence electrons. The summed E-state index contributed by atoms with van der Waals surface area (Å²) in [6.07, 6.45) is 0. The summed E-state index contributed by atoms with van der Waals surface area (Å²) >= 11 is 7.41. The van der Waals surface area contributed by atoms with Crippen molar-refractivity contribution in [1.82, 2.24) is 4.90 Å². The molecule has 0 saturated carbocycles. The molecule has 6 heteroatoms. The average Bonchev–Trinajstić information content (AvgIpc) is 2.62. The topological polar surface area (TPSA) is 38.8 Å². The van der Waals surface area contributed by atoms with E-state index in [0.29, 0.717) is 23.1 Å². The summed E-state index contributed by atoms with van der Waals surface area (Å²) in [4.78, 5) is 15.4. The maximum atomic E-state index is 12.6. The summed E-state index contributed by atoms with van der Waals surface area (Å²) in [6, 6.07) is 13.2. The van der Waals surface area contributed by atoms with Gasteiger partial charge in [0.25, 0.3) is 0 Å². The predicted molar refractivity (Wildman–Crippen MR) is 103 cm³/mol. The molecule has 0 aliphatic heterocycles. The van der Waals surface area contributed by atoms with E-state index in [1.807, 2.05) is 49.4 Å². The first-order valence-electron chi connectivity index (χ1n) is 7.82. The molecule has 0 aliphatic rings. The van der Waals surface area contributed by atoms with Crippen molar-refractivity contribution in [1.29, 1.82) is 0 Å². The van der Waals surface area contributed by atoms with Crippen LogP contribution in [-0.4, -0.2) is 37.3 Å². The molecular formula is C19H22ClNO3S. The van der Waals surface area contributed by atoms with Gasteiger partial charge in [-0.25, -0.2) is 0 Å². The van der Waals surface area contributed by atoms with Crippen molar-refractivity contribution < 1.29 is 14.3 Å². The van der Waals surface area contributed by atoms with Crippen LogP contribution in [0.2, 0.25) is 5.02 Å². The number of methoxy groups -OCH3 is 2. The molecule has 2 aromatic rings. The van der Waals surface area contributed by atoms with Crippen LogP contribution in [0.4, 0.5) is 0 Å². The summed E-state index contributed by atoms with van der Waals surface area (Å²) in [7, 11) is 5.00. The number of ether oxygens (including phenoxy) is 2. The highest BCUT2D eigenvalue weighted by molar-refractivity contribution is 8.00. The van der Waals surface area contributed by atoms with E-state index in [9.17, 15) is 4.79 Å². The monoisotopic (exact) mass is 379 g/mol. The smallest absolute Gasteiger partial charge is 0.235 e. The van der Waals surface area contributed by atoms with Crippen molar-refractivity contribution in [3.8, 4) is 11.5 Å². The molecule has 0 radical (unpaired) electrons. The van der Waals surface area contributed by atoms with E-state index in [0.717, 1.165) is 10.5 Å². The fraction of sp³-hybridized carbons (Fsp3) is 0.316. The van der Waals surface area contributed by atoms with Crippen molar-refractivity contribution in [2.45, 2.75) is 23.6 Å². The fourth-order valence-electron chi connectivity index (χ4n) is 2.41. The van der Waals surface area contributed by atoms with Crippen molar-refractivity contribution in [3.05, 3.63) is 53.1 Å². The average molecular weight is 380 g/mol. The van der Waals surface area contributed by atoms with Gasteiger partial charge in [-0.1, -0.05) is 17.7 Å². The molecule has 1 unspecified atom stereocenters. The molecule has 1 amide bonds. The Morgan fingerprint density at radius 2 is 1.76 bits per heavy atom. The second kappa shape index (κ2) is 9.02. The number of benzene rings is 2. The molecule has 0 bridgehead atoms. The SMILES string of the molecule is COc1ccc(CN(C)C(=O)C(C)Sc2ccc(Cl)cc2)cc1OC. The first-order chi connectivity index (χ1) is 11.9. The first kappa shape index (κ1) is 19.5. The maximum absolute atomic E-state index is 12.6. The Morgan fingerprint density at radius 3 is 2.36 bits per heavy atom. The van der Waals surface area contributed by atoms with E-state index < -0.39 is 0 Å². The van der Waals surface area contributed by atoms with Crippen LogP contribution in [-0.2, 0) is 11.3 Å². The normalized spacial score (nSPS) is 11.7. The van der Waals surface area contributed by atoms with E-state index >= 15 is 0 Å². The van der Waals surface area contributed by atoms with Crippen LogP contribution in [0.15, 0.2) is 47.4 Å². The van der Waals surface area contributed by atoms with Gasteiger partial charge in [-0.05, 0) is 48.9 Å². The van der Waals surface area contributed by atoms with Crippen LogP contribution in [0.3, 0.4) is 0 Å². The molecule has 4 nitrogen and oxygen atoms in total. The molecule has 2 aromatic carbocycles. The number of halogens is 1. The number of hydrogen-bond acceptors (Lipinski definition) is 4. The summed E-state index contributed by atoms with van der Waals surface area (Å²) in [5.74, 6) is 1.39. The Balaban J connectivity index is 2.00. The van der Waals surface area contributed by atoms with Crippen LogP contribution in [0.1, 0.15) is 12.5 Å². The number of amides is 1. The minimum Gasteiger partial charge on any atom is -0.493 e. The van der Waals surface area contributed by atoms with Gasteiger partial charge < -0.3 is 14.4 Å². The number of hydrogen-bond donors (Lipinski definition) is 0. The Hall–Kier alpha value is -1.85. The highest BCUT2D eigenvalue weighted by atomic mass is 35.5. The zero-order chi connectivity index (χ0) is 18.4. The van der Waals surface area contributed by atoms with Crippen molar-refractivity contribution in [3.63, 3.8) is 0 Å². The van der Waals surface area contributed by atoms with Gasteiger partial charge in [0.05, 0.1) is 19.5 Å². The largest absolute Gasteiger partial charge is 0.493 e. The zero-order valence-corrected chi connectivity index (χ0v) is 16.4. The lowest BCUT2D eigenvalue weighted by atomic mass is 10.2. The third-order valence-corrected chi connectivity index (χ3v) is 5.07. The highest BCUT2D eigenvalue weighted by Crippen LogP contribution is 2.29.